The predicted octanol–water partition coefficient (Wildman–Crippen LogP) is 3.47. The van der Waals surface area contributed by atoms with Gasteiger partial charge in [0.25, 0.3) is 0 Å². The number of nitrogens with zero attached hydrogens (tertiary/aromatic N) is 3. The summed E-state index contributed by atoms with van der Waals surface area (Å²) in [6, 6.07) is 9.16. The van der Waals surface area contributed by atoms with E-state index in [-0.39, 0.29) is 5.91 Å². The zero-order valence-electron chi connectivity index (χ0n) is 17.2. The van der Waals surface area contributed by atoms with Crippen molar-refractivity contribution in [2.45, 2.75) is 51.6 Å². The number of carbonyl (C=O) groups is 1. The Hall–Kier alpha value is -1.85. The monoisotopic (exact) mass is 382 g/mol. The molecule has 1 atom stereocenters. The molecule has 2 aliphatic heterocycles. The summed E-state index contributed by atoms with van der Waals surface area (Å²) in [6.45, 7) is 9.12. The molecule has 2 fully saturated rings. The number of carbonyl (C=O) groups excluding carboxylic acids is 1. The standard InChI is InChI=1S/C23H34N4O/c1-19(28)27(15-14-25-11-3-2-4-12-25)22-6-5-13-26(18-22)17-20-7-8-21-9-10-24-23(21)16-20/h7-10,16,22,24H,2-6,11-15,17-18H2,1H3. The van der Waals surface area contributed by atoms with Gasteiger partial charge in [0.2, 0.25) is 5.91 Å². The molecule has 4 rings (SSSR count). The molecule has 3 heterocycles. The van der Waals surface area contributed by atoms with E-state index >= 15 is 0 Å². The average molecular weight is 383 g/mol. The highest BCUT2D eigenvalue weighted by molar-refractivity contribution is 5.79. The maximum absolute atomic E-state index is 12.4. The molecule has 1 unspecified atom stereocenters. The van der Waals surface area contributed by atoms with Gasteiger partial charge in [-0.25, -0.2) is 0 Å². The van der Waals surface area contributed by atoms with Gasteiger partial charge in [0.15, 0.2) is 0 Å². The average Bonchev–Trinajstić information content (AvgIpc) is 3.17. The number of fused-ring (bicyclic) bond motifs is 1. The second-order valence-corrected chi connectivity index (χ2v) is 8.55. The minimum absolute atomic E-state index is 0.233. The number of benzene rings is 1. The molecule has 1 amide bonds. The summed E-state index contributed by atoms with van der Waals surface area (Å²) < 4.78 is 0. The van der Waals surface area contributed by atoms with Gasteiger partial charge >= 0.3 is 0 Å². The number of likely N-dealkylation sites (tertiary alicyclic amines) is 2. The molecule has 2 saturated heterocycles. The molecule has 1 N–H and O–H groups in total. The van der Waals surface area contributed by atoms with E-state index in [1.165, 1.54) is 55.2 Å². The third kappa shape index (κ3) is 4.76. The van der Waals surface area contributed by atoms with Crippen molar-refractivity contribution < 1.29 is 4.79 Å². The molecule has 0 aliphatic carbocycles. The third-order valence-corrected chi connectivity index (χ3v) is 6.46. The largest absolute Gasteiger partial charge is 0.361 e. The van der Waals surface area contributed by atoms with Gasteiger partial charge < -0.3 is 14.8 Å². The van der Waals surface area contributed by atoms with Crippen LogP contribution in [0.4, 0.5) is 0 Å². The van der Waals surface area contributed by atoms with Gasteiger partial charge in [-0.3, -0.25) is 9.69 Å². The van der Waals surface area contributed by atoms with E-state index in [0.29, 0.717) is 6.04 Å². The molecule has 5 heteroatoms. The number of aromatic nitrogens is 1. The molecule has 2 aromatic rings. The molecule has 152 valence electrons. The van der Waals surface area contributed by atoms with E-state index in [0.717, 1.165) is 39.1 Å². The first kappa shape index (κ1) is 19.5. The Kier molecular flexibility index (Phi) is 6.33. The van der Waals surface area contributed by atoms with Gasteiger partial charge in [-0.15, -0.1) is 0 Å². The normalized spacial score (nSPS) is 21.8. The van der Waals surface area contributed by atoms with Crippen LogP contribution in [0.5, 0.6) is 0 Å². The quantitative estimate of drug-likeness (QED) is 0.832. The van der Waals surface area contributed by atoms with Gasteiger partial charge in [-0.1, -0.05) is 18.6 Å². The van der Waals surface area contributed by atoms with E-state index in [1.807, 2.05) is 6.20 Å². The number of nitrogens with one attached hydrogen (secondary N) is 1. The van der Waals surface area contributed by atoms with Crippen molar-refractivity contribution in [3.05, 3.63) is 36.0 Å². The Labute approximate surface area is 168 Å². The minimum atomic E-state index is 0.233. The fourth-order valence-corrected chi connectivity index (χ4v) is 4.91. The molecule has 28 heavy (non-hydrogen) atoms. The van der Waals surface area contributed by atoms with Crippen LogP contribution >= 0.6 is 0 Å². The first-order valence-corrected chi connectivity index (χ1v) is 11.0. The molecular weight excluding hydrogens is 348 g/mol. The van der Waals surface area contributed by atoms with Crippen LogP contribution in [0.15, 0.2) is 30.5 Å². The van der Waals surface area contributed by atoms with E-state index in [1.54, 1.807) is 6.92 Å². The molecule has 5 nitrogen and oxygen atoms in total. The van der Waals surface area contributed by atoms with Crippen molar-refractivity contribution in [1.29, 1.82) is 0 Å². The van der Waals surface area contributed by atoms with Crippen molar-refractivity contribution in [3.63, 3.8) is 0 Å². The highest BCUT2D eigenvalue weighted by atomic mass is 16.2. The maximum atomic E-state index is 12.4. The van der Waals surface area contributed by atoms with Gasteiger partial charge in [-0.05, 0) is 68.4 Å². The zero-order valence-corrected chi connectivity index (χ0v) is 17.2. The zero-order chi connectivity index (χ0) is 19.3. The van der Waals surface area contributed by atoms with Crippen LogP contribution in [-0.2, 0) is 11.3 Å². The number of amides is 1. The summed E-state index contributed by atoms with van der Waals surface area (Å²) >= 11 is 0. The second kappa shape index (κ2) is 9.10. The minimum Gasteiger partial charge on any atom is -0.361 e. The van der Waals surface area contributed by atoms with Gasteiger partial charge in [0.1, 0.15) is 0 Å². The number of aromatic amines is 1. The summed E-state index contributed by atoms with van der Waals surface area (Å²) in [4.78, 5) is 22.9. The number of hydrogen-bond donors (Lipinski definition) is 1. The molecule has 0 saturated carbocycles. The van der Waals surface area contributed by atoms with Gasteiger partial charge in [0, 0.05) is 50.9 Å². The fourth-order valence-electron chi connectivity index (χ4n) is 4.91. The number of piperidine rings is 2. The Balaban J connectivity index is 1.35. The van der Waals surface area contributed by atoms with Crippen LogP contribution in [0, 0.1) is 0 Å². The summed E-state index contributed by atoms with van der Waals surface area (Å²) in [5.41, 5.74) is 2.55. The van der Waals surface area contributed by atoms with Crippen LogP contribution in [0.25, 0.3) is 10.9 Å². The molecule has 2 aliphatic rings. The van der Waals surface area contributed by atoms with Crippen molar-refractivity contribution in [2.24, 2.45) is 0 Å². The Morgan fingerprint density at radius 2 is 1.93 bits per heavy atom. The summed E-state index contributed by atoms with van der Waals surface area (Å²) in [6.07, 6.45) is 8.27. The first-order chi connectivity index (χ1) is 13.7. The van der Waals surface area contributed by atoms with Crippen LogP contribution in [-0.4, -0.2) is 70.9 Å². The number of rotatable bonds is 6. The molecule has 0 radical (unpaired) electrons. The SMILES string of the molecule is CC(=O)N(CCN1CCCCC1)C1CCCN(Cc2ccc3cc[nH]c3c2)C1. The Morgan fingerprint density at radius 1 is 1.11 bits per heavy atom. The topological polar surface area (TPSA) is 42.6 Å². The third-order valence-electron chi connectivity index (χ3n) is 6.46. The molecular formula is C23H34N4O. The van der Waals surface area contributed by atoms with Crippen molar-refractivity contribution in [1.82, 2.24) is 19.7 Å². The summed E-state index contributed by atoms with van der Waals surface area (Å²) in [5.74, 6) is 0.233. The van der Waals surface area contributed by atoms with E-state index < -0.39 is 0 Å². The van der Waals surface area contributed by atoms with Crippen LogP contribution in [0.2, 0.25) is 0 Å². The number of H-pyrrole nitrogens is 1. The van der Waals surface area contributed by atoms with E-state index in [9.17, 15) is 4.79 Å². The lowest BCUT2D eigenvalue weighted by Gasteiger charge is -2.40. The summed E-state index contributed by atoms with van der Waals surface area (Å²) in [7, 11) is 0. The van der Waals surface area contributed by atoms with Crippen LogP contribution in [0.3, 0.4) is 0 Å². The highest BCUT2D eigenvalue weighted by Gasteiger charge is 2.27. The molecule has 0 bridgehead atoms. The van der Waals surface area contributed by atoms with E-state index in [4.69, 9.17) is 0 Å². The lowest BCUT2D eigenvalue weighted by Crippen LogP contribution is -2.51. The highest BCUT2D eigenvalue weighted by Crippen LogP contribution is 2.21. The second-order valence-electron chi connectivity index (χ2n) is 8.55. The van der Waals surface area contributed by atoms with Gasteiger partial charge in [0.05, 0.1) is 0 Å². The van der Waals surface area contributed by atoms with Crippen molar-refractivity contribution in [2.75, 3.05) is 39.3 Å². The molecule has 0 spiro atoms. The molecule has 1 aromatic heterocycles. The van der Waals surface area contributed by atoms with Crippen molar-refractivity contribution in [3.8, 4) is 0 Å². The van der Waals surface area contributed by atoms with Gasteiger partial charge in [-0.2, -0.15) is 0 Å². The maximum Gasteiger partial charge on any atom is 0.219 e. The van der Waals surface area contributed by atoms with E-state index in [2.05, 4.69) is 43.9 Å². The fraction of sp³-hybridized carbons (Fsp3) is 0.609. The summed E-state index contributed by atoms with van der Waals surface area (Å²) in [5, 5.41) is 1.26. The Bertz CT molecular complexity index is 780. The lowest BCUT2D eigenvalue weighted by molar-refractivity contribution is -0.132. The first-order valence-electron chi connectivity index (χ1n) is 11.0. The van der Waals surface area contributed by atoms with Crippen molar-refractivity contribution >= 4 is 16.8 Å². The smallest absolute Gasteiger partial charge is 0.219 e. The molecule has 1 aromatic carbocycles. The van der Waals surface area contributed by atoms with Crippen LogP contribution in [0.1, 0.15) is 44.6 Å². The number of hydrogen-bond acceptors (Lipinski definition) is 3. The van der Waals surface area contributed by atoms with Crippen LogP contribution < -0.4 is 0 Å². The predicted molar refractivity (Wildman–Crippen MR) is 114 cm³/mol. The Morgan fingerprint density at radius 3 is 2.75 bits per heavy atom. The lowest BCUT2D eigenvalue weighted by atomic mass is 10.0.